The number of aromatic nitrogens is 4. The summed E-state index contributed by atoms with van der Waals surface area (Å²) in [5.41, 5.74) is 4.51. The average Bonchev–Trinajstić information content (AvgIpc) is 3.34. The molecule has 30 heavy (non-hydrogen) atoms. The van der Waals surface area contributed by atoms with Gasteiger partial charge in [0.1, 0.15) is 5.69 Å². The van der Waals surface area contributed by atoms with Gasteiger partial charge in [0.25, 0.3) is 0 Å². The van der Waals surface area contributed by atoms with Gasteiger partial charge in [-0.3, -0.25) is 0 Å². The van der Waals surface area contributed by atoms with E-state index in [1.165, 1.54) is 16.8 Å². The summed E-state index contributed by atoms with van der Waals surface area (Å²) >= 11 is 0. The lowest BCUT2D eigenvalue weighted by Crippen LogP contribution is -2.08. The van der Waals surface area contributed by atoms with E-state index >= 15 is 0 Å². The summed E-state index contributed by atoms with van der Waals surface area (Å²) in [7, 11) is 0. The van der Waals surface area contributed by atoms with Gasteiger partial charge in [-0.1, -0.05) is 17.3 Å². The molecule has 0 saturated carbocycles. The highest BCUT2D eigenvalue weighted by molar-refractivity contribution is 5.93. The van der Waals surface area contributed by atoms with Crippen molar-refractivity contribution in [1.29, 1.82) is 0 Å². The predicted molar refractivity (Wildman–Crippen MR) is 110 cm³/mol. The molecule has 0 aliphatic carbocycles. The Labute approximate surface area is 171 Å². The zero-order valence-electron chi connectivity index (χ0n) is 16.3. The van der Waals surface area contributed by atoms with Crippen molar-refractivity contribution in [2.45, 2.75) is 13.8 Å². The first-order chi connectivity index (χ1) is 14.3. The molecule has 0 aliphatic heterocycles. The van der Waals surface area contributed by atoms with Gasteiger partial charge in [-0.05, 0) is 56.3 Å². The lowest BCUT2D eigenvalue weighted by atomic mass is 10.1. The molecule has 2 N–H and O–H groups in total. The van der Waals surface area contributed by atoms with Crippen LogP contribution in [0, 0.1) is 13.8 Å². The molecular weight excluding hydrogens is 384 g/mol. The molecule has 2 aromatic heterocycles. The molecule has 0 atom stereocenters. The van der Waals surface area contributed by atoms with E-state index in [4.69, 9.17) is 0 Å². The fourth-order valence-corrected chi connectivity index (χ4v) is 3.41. The zero-order chi connectivity index (χ0) is 21.4. The molecule has 0 bridgehead atoms. The minimum absolute atomic E-state index is 0.149. The lowest BCUT2D eigenvalue weighted by molar-refractivity contribution is 0.0686. The van der Waals surface area contributed by atoms with Crippen LogP contribution in [0.4, 0.5) is 0 Å². The van der Waals surface area contributed by atoms with E-state index in [0.717, 1.165) is 11.4 Å². The standard InChI is InChI=1S/C22H18N4O4/c1-13-6-7-14(2)26(13)20-11-15(8-9-18(20)22(29)30)19-12-25(24-23-19)17-5-3-4-16(10-17)21(27)28/h3-12H,1-2H3,(H,27,28)(H,29,30). The molecule has 0 unspecified atom stereocenters. The summed E-state index contributed by atoms with van der Waals surface area (Å²) < 4.78 is 3.37. The highest BCUT2D eigenvalue weighted by Gasteiger charge is 2.17. The smallest absolute Gasteiger partial charge is 0.337 e. The van der Waals surface area contributed by atoms with Crippen molar-refractivity contribution in [2.24, 2.45) is 0 Å². The Bertz CT molecular complexity index is 1270. The van der Waals surface area contributed by atoms with Crippen molar-refractivity contribution < 1.29 is 19.8 Å². The van der Waals surface area contributed by atoms with Crippen LogP contribution in [-0.2, 0) is 0 Å². The number of carboxylic acids is 2. The fraction of sp³-hybridized carbons (Fsp3) is 0.0909. The second-order valence-corrected chi connectivity index (χ2v) is 6.89. The van der Waals surface area contributed by atoms with Crippen molar-refractivity contribution in [3.8, 4) is 22.6 Å². The molecule has 8 nitrogen and oxygen atoms in total. The van der Waals surface area contributed by atoms with Crippen LogP contribution < -0.4 is 0 Å². The predicted octanol–water partition coefficient (Wildman–Crippen LogP) is 3.74. The highest BCUT2D eigenvalue weighted by atomic mass is 16.4. The molecule has 4 aromatic rings. The summed E-state index contributed by atoms with van der Waals surface area (Å²) in [5.74, 6) is -2.04. The molecule has 0 amide bonds. The van der Waals surface area contributed by atoms with E-state index in [1.54, 1.807) is 36.5 Å². The molecule has 2 aromatic carbocycles. The van der Waals surface area contributed by atoms with Crippen LogP contribution in [0.25, 0.3) is 22.6 Å². The lowest BCUT2D eigenvalue weighted by Gasteiger charge is -2.13. The van der Waals surface area contributed by atoms with Crippen LogP contribution >= 0.6 is 0 Å². The summed E-state index contributed by atoms with van der Waals surface area (Å²) in [4.78, 5) is 23.0. The summed E-state index contributed by atoms with van der Waals surface area (Å²) in [6, 6.07) is 15.2. The summed E-state index contributed by atoms with van der Waals surface area (Å²) in [5, 5.41) is 27.1. The van der Waals surface area contributed by atoms with Crippen molar-refractivity contribution in [1.82, 2.24) is 19.6 Å². The Morgan fingerprint density at radius 2 is 1.63 bits per heavy atom. The third-order valence-corrected chi connectivity index (χ3v) is 4.89. The number of aromatic carboxylic acids is 2. The third-order valence-electron chi connectivity index (χ3n) is 4.89. The zero-order valence-corrected chi connectivity index (χ0v) is 16.3. The van der Waals surface area contributed by atoms with Crippen molar-refractivity contribution in [3.63, 3.8) is 0 Å². The van der Waals surface area contributed by atoms with Gasteiger partial charge >= 0.3 is 11.9 Å². The highest BCUT2D eigenvalue weighted by Crippen LogP contribution is 2.27. The average molecular weight is 402 g/mol. The molecule has 8 heteroatoms. The summed E-state index contributed by atoms with van der Waals surface area (Å²) in [6.45, 7) is 3.83. The van der Waals surface area contributed by atoms with E-state index in [9.17, 15) is 19.8 Å². The maximum atomic E-state index is 11.8. The Kier molecular flexibility index (Phi) is 4.67. The normalized spacial score (nSPS) is 10.9. The Morgan fingerprint density at radius 1 is 0.900 bits per heavy atom. The van der Waals surface area contributed by atoms with Crippen LogP contribution in [0.1, 0.15) is 32.1 Å². The number of aryl methyl sites for hydroxylation is 2. The molecule has 150 valence electrons. The molecule has 4 rings (SSSR count). The van der Waals surface area contributed by atoms with Crippen LogP contribution in [0.5, 0.6) is 0 Å². The second-order valence-electron chi connectivity index (χ2n) is 6.89. The van der Waals surface area contributed by atoms with Gasteiger partial charge in [-0.15, -0.1) is 5.10 Å². The van der Waals surface area contributed by atoms with E-state index < -0.39 is 11.9 Å². The summed E-state index contributed by atoms with van der Waals surface area (Å²) in [6.07, 6.45) is 1.68. The largest absolute Gasteiger partial charge is 0.478 e. The number of carbonyl (C=O) groups is 2. The maximum Gasteiger partial charge on any atom is 0.337 e. The van der Waals surface area contributed by atoms with Gasteiger partial charge in [0.05, 0.1) is 28.7 Å². The second kappa shape index (κ2) is 7.32. The van der Waals surface area contributed by atoms with Crippen molar-refractivity contribution >= 4 is 11.9 Å². The first-order valence-electron chi connectivity index (χ1n) is 9.14. The topological polar surface area (TPSA) is 110 Å². The molecule has 0 radical (unpaired) electrons. The van der Waals surface area contributed by atoms with E-state index in [2.05, 4.69) is 10.3 Å². The van der Waals surface area contributed by atoms with Crippen LogP contribution in [0.2, 0.25) is 0 Å². The van der Waals surface area contributed by atoms with Crippen LogP contribution in [0.3, 0.4) is 0 Å². The van der Waals surface area contributed by atoms with Crippen molar-refractivity contribution in [3.05, 3.63) is 83.3 Å². The number of nitrogens with zero attached hydrogens (tertiary/aromatic N) is 4. The number of hydrogen-bond donors (Lipinski definition) is 2. The molecular formula is C22H18N4O4. The monoisotopic (exact) mass is 402 g/mol. The minimum atomic E-state index is -1.02. The first-order valence-corrected chi connectivity index (χ1v) is 9.14. The molecule has 0 spiro atoms. The number of benzene rings is 2. The van der Waals surface area contributed by atoms with Gasteiger partial charge in [-0.2, -0.15) is 0 Å². The third kappa shape index (κ3) is 3.35. The van der Waals surface area contributed by atoms with Crippen molar-refractivity contribution in [2.75, 3.05) is 0 Å². The molecule has 0 saturated heterocycles. The Morgan fingerprint density at radius 3 is 2.30 bits per heavy atom. The van der Waals surface area contributed by atoms with E-state index in [0.29, 0.717) is 22.6 Å². The number of carboxylic acid groups (broad SMARTS) is 2. The van der Waals surface area contributed by atoms with Crippen LogP contribution in [0.15, 0.2) is 60.8 Å². The van der Waals surface area contributed by atoms with Gasteiger partial charge in [0.15, 0.2) is 0 Å². The molecule has 0 aliphatic rings. The quantitative estimate of drug-likeness (QED) is 0.526. The Hall–Kier alpha value is -4.20. The van der Waals surface area contributed by atoms with E-state index in [1.807, 2.05) is 30.5 Å². The van der Waals surface area contributed by atoms with Gasteiger partial charge < -0.3 is 14.8 Å². The SMILES string of the molecule is Cc1ccc(C)n1-c1cc(-c2cn(-c3cccc(C(=O)O)c3)nn2)ccc1C(=O)O. The van der Waals surface area contributed by atoms with Gasteiger partial charge in [0.2, 0.25) is 0 Å². The number of rotatable bonds is 5. The first kappa shape index (κ1) is 19.1. The van der Waals surface area contributed by atoms with Gasteiger partial charge in [-0.25, -0.2) is 14.3 Å². The minimum Gasteiger partial charge on any atom is -0.478 e. The number of hydrogen-bond acceptors (Lipinski definition) is 4. The molecule has 2 heterocycles. The fourth-order valence-electron chi connectivity index (χ4n) is 3.41. The van der Waals surface area contributed by atoms with E-state index in [-0.39, 0.29) is 11.1 Å². The Balaban J connectivity index is 1.79. The molecule has 0 fully saturated rings. The van der Waals surface area contributed by atoms with Gasteiger partial charge in [0, 0.05) is 17.0 Å². The maximum absolute atomic E-state index is 11.8. The van der Waals surface area contributed by atoms with Crippen LogP contribution in [-0.4, -0.2) is 41.7 Å².